The van der Waals surface area contributed by atoms with E-state index in [1.165, 1.54) is 0 Å². The molecule has 2 unspecified atom stereocenters. The highest BCUT2D eigenvalue weighted by Gasteiger charge is 2.32. The van der Waals surface area contributed by atoms with Crippen LogP contribution in [0.4, 0.5) is 13.2 Å². The van der Waals surface area contributed by atoms with Gasteiger partial charge in [0.25, 0.3) is 0 Å². The molecule has 0 radical (unpaired) electrons. The summed E-state index contributed by atoms with van der Waals surface area (Å²) in [7, 11) is 0. The largest absolute Gasteiger partial charge is 0.389 e. The van der Waals surface area contributed by atoms with Crippen molar-refractivity contribution in [1.82, 2.24) is 0 Å². The lowest BCUT2D eigenvalue weighted by atomic mass is 10.1. The van der Waals surface area contributed by atoms with E-state index in [4.69, 9.17) is 0 Å². The molecule has 0 N–H and O–H groups in total. The monoisotopic (exact) mass is 286 g/mol. The van der Waals surface area contributed by atoms with E-state index in [2.05, 4.69) is 0 Å². The number of alkyl halides is 3. The summed E-state index contributed by atoms with van der Waals surface area (Å²) >= 11 is 3.39. The second kappa shape index (κ2) is 6.92. The topological polar surface area (TPSA) is 17.1 Å². The van der Waals surface area contributed by atoms with Crippen LogP contribution in [0.5, 0.6) is 0 Å². The highest BCUT2D eigenvalue weighted by atomic mass is 32.2. The summed E-state index contributed by atoms with van der Waals surface area (Å²) in [6, 6.07) is 0. The number of carbonyl (C=O) groups excluding carboxylic acids is 1. The lowest BCUT2D eigenvalue weighted by Gasteiger charge is -2.28. The van der Waals surface area contributed by atoms with E-state index in [1.807, 2.05) is 6.92 Å². The van der Waals surface area contributed by atoms with Crippen LogP contribution in [0.2, 0.25) is 0 Å². The summed E-state index contributed by atoms with van der Waals surface area (Å²) in [6.07, 6.45) is -4.08. The predicted octanol–water partition coefficient (Wildman–Crippen LogP) is 3.92. The summed E-state index contributed by atoms with van der Waals surface area (Å²) < 4.78 is 35.9. The maximum atomic E-state index is 12.0. The molecule has 1 fully saturated rings. The Morgan fingerprint density at radius 2 is 1.94 bits per heavy atom. The van der Waals surface area contributed by atoms with Gasteiger partial charge >= 0.3 is 6.18 Å². The van der Waals surface area contributed by atoms with Crippen LogP contribution in [-0.4, -0.2) is 34.0 Å². The molecule has 0 amide bonds. The second-order valence-corrected chi connectivity index (χ2v) is 6.64. The fourth-order valence-electron chi connectivity index (χ4n) is 1.81. The lowest BCUT2D eigenvalue weighted by molar-refractivity contribution is -0.137. The van der Waals surface area contributed by atoms with Gasteiger partial charge in [-0.05, 0) is 12.8 Å². The van der Waals surface area contributed by atoms with Crippen molar-refractivity contribution >= 4 is 29.3 Å². The van der Waals surface area contributed by atoms with Crippen molar-refractivity contribution in [2.75, 3.05) is 11.5 Å². The Labute approximate surface area is 108 Å². The van der Waals surface area contributed by atoms with Gasteiger partial charge in [0, 0.05) is 29.6 Å². The number of ketones is 1. The second-order valence-electron chi connectivity index (χ2n) is 4.04. The molecule has 17 heavy (non-hydrogen) atoms. The predicted molar refractivity (Wildman–Crippen MR) is 67.7 cm³/mol. The average Bonchev–Trinajstić information content (AvgIpc) is 2.27. The van der Waals surface area contributed by atoms with Crippen molar-refractivity contribution in [3.63, 3.8) is 0 Å². The van der Waals surface area contributed by atoms with Crippen LogP contribution in [-0.2, 0) is 4.79 Å². The van der Waals surface area contributed by atoms with Gasteiger partial charge in [-0.15, -0.1) is 11.8 Å². The van der Waals surface area contributed by atoms with Gasteiger partial charge in [-0.2, -0.15) is 24.9 Å². The van der Waals surface area contributed by atoms with Crippen molar-refractivity contribution < 1.29 is 18.0 Å². The third kappa shape index (κ3) is 5.55. The minimum Gasteiger partial charge on any atom is -0.298 e. The zero-order chi connectivity index (χ0) is 12.9. The van der Waals surface area contributed by atoms with Crippen molar-refractivity contribution in [2.45, 2.75) is 49.3 Å². The summed E-state index contributed by atoms with van der Waals surface area (Å²) in [5.41, 5.74) is 0. The lowest BCUT2D eigenvalue weighted by Crippen LogP contribution is -2.32. The highest BCUT2D eigenvalue weighted by molar-refractivity contribution is 8.07. The standard InChI is InChI=1S/C11H17F3OS2/c1-2-9-10(17-7-6-16-9)8(15)4-3-5-11(12,13)14/h9-10H,2-7H2,1H3. The van der Waals surface area contributed by atoms with Gasteiger partial charge < -0.3 is 0 Å². The van der Waals surface area contributed by atoms with Gasteiger partial charge in [-0.3, -0.25) is 4.79 Å². The molecule has 0 saturated carbocycles. The molecule has 0 aromatic carbocycles. The summed E-state index contributed by atoms with van der Waals surface area (Å²) in [4.78, 5) is 11.9. The minimum absolute atomic E-state index is 0.00157. The number of halogens is 3. The number of hydrogen-bond donors (Lipinski definition) is 0. The summed E-state index contributed by atoms with van der Waals surface area (Å²) in [5, 5.41) is 0.194. The molecule has 1 rings (SSSR count). The van der Waals surface area contributed by atoms with E-state index in [-0.39, 0.29) is 29.1 Å². The number of hydrogen-bond acceptors (Lipinski definition) is 3. The minimum atomic E-state index is -4.14. The van der Waals surface area contributed by atoms with Crippen LogP contribution in [0.3, 0.4) is 0 Å². The van der Waals surface area contributed by atoms with Crippen LogP contribution in [0.15, 0.2) is 0 Å². The van der Waals surface area contributed by atoms with Crippen molar-refractivity contribution in [2.24, 2.45) is 0 Å². The maximum absolute atomic E-state index is 12.0. The van der Waals surface area contributed by atoms with E-state index in [0.29, 0.717) is 0 Å². The molecule has 0 spiro atoms. The molecule has 1 heterocycles. The smallest absolute Gasteiger partial charge is 0.298 e. The zero-order valence-corrected chi connectivity index (χ0v) is 11.4. The van der Waals surface area contributed by atoms with Gasteiger partial charge in [0.1, 0.15) is 5.78 Å². The molecule has 1 aliphatic rings. The summed E-state index contributed by atoms with van der Waals surface area (Å²) in [5.74, 6) is 1.96. The molecule has 0 bridgehead atoms. The molecule has 6 heteroatoms. The number of thioether (sulfide) groups is 2. The van der Waals surface area contributed by atoms with Gasteiger partial charge in [-0.25, -0.2) is 0 Å². The Kier molecular flexibility index (Phi) is 6.20. The molecule has 1 nitrogen and oxygen atoms in total. The van der Waals surface area contributed by atoms with Gasteiger partial charge in [0.05, 0.1) is 5.25 Å². The Balaban J connectivity index is 2.35. The third-order valence-corrected chi connectivity index (χ3v) is 5.95. The molecule has 2 atom stereocenters. The molecular formula is C11H17F3OS2. The number of Topliss-reactive ketones (excluding diaryl/α,β-unsaturated/α-hetero) is 1. The molecule has 0 aliphatic carbocycles. The Hall–Kier alpha value is 0.160. The zero-order valence-electron chi connectivity index (χ0n) is 9.76. The highest BCUT2D eigenvalue weighted by Crippen LogP contribution is 2.35. The number of carbonyl (C=O) groups is 1. The fraction of sp³-hybridized carbons (Fsp3) is 0.909. The fourth-order valence-corrected chi connectivity index (χ4v) is 4.88. The van der Waals surface area contributed by atoms with E-state index >= 15 is 0 Å². The normalized spacial score (nSPS) is 25.9. The first-order chi connectivity index (χ1) is 7.94. The van der Waals surface area contributed by atoms with Crippen molar-refractivity contribution in [3.8, 4) is 0 Å². The van der Waals surface area contributed by atoms with Crippen LogP contribution < -0.4 is 0 Å². The van der Waals surface area contributed by atoms with E-state index in [0.717, 1.165) is 17.9 Å². The summed E-state index contributed by atoms with van der Waals surface area (Å²) in [6.45, 7) is 2.03. The van der Waals surface area contributed by atoms with Crippen LogP contribution in [0.1, 0.15) is 32.6 Å². The molecule has 100 valence electrons. The quantitative estimate of drug-likeness (QED) is 0.762. The van der Waals surface area contributed by atoms with Crippen LogP contribution in [0, 0.1) is 0 Å². The Morgan fingerprint density at radius 3 is 2.53 bits per heavy atom. The average molecular weight is 286 g/mol. The molecular weight excluding hydrogens is 269 g/mol. The molecule has 1 aliphatic heterocycles. The van der Waals surface area contributed by atoms with E-state index in [9.17, 15) is 18.0 Å². The Morgan fingerprint density at radius 1 is 1.29 bits per heavy atom. The first-order valence-corrected chi connectivity index (χ1v) is 7.86. The first kappa shape index (κ1) is 15.2. The van der Waals surface area contributed by atoms with E-state index < -0.39 is 12.6 Å². The first-order valence-electron chi connectivity index (χ1n) is 5.76. The molecule has 0 aromatic rings. The maximum Gasteiger partial charge on any atom is 0.389 e. The molecule has 0 aromatic heterocycles. The van der Waals surface area contributed by atoms with E-state index in [1.54, 1.807) is 23.5 Å². The van der Waals surface area contributed by atoms with Gasteiger partial charge in [0.15, 0.2) is 0 Å². The van der Waals surface area contributed by atoms with Crippen molar-refractivity contribution in [3.05, 3.63) is 0 Å². The van der Waals surface area contributed by atoms with Gasteiger partial charge in [0.2, 0.25) is 0 Å². The van der Waals surface area contributed by atoms with Crippen LogP contribution in [0.25, 0.3) is 0 Å². The third-order valence-electron chi connectivity index (χ3n) is 2.65. The van der Waals surface area contributed by atoms with Crippen LogP contribution >= 0.6 is 23.5 Å². The number of rotatable bonds is 5. The molecule has 1 saturated heterocycles. The Bertz CT molecular complexity index is 256. The van der Waals surface area contributed by atoms with Crippen molar-refractivity contribution in [1.29, 1.82) is 0 Å². The van der Waals surface area contributed by atoms with Gasteiger partial charge in [-0.1, -0.05) is 6.92 Å². The SMILES string of the molecule is CCC1SCCSC1C(=O)CCCC(F)(F)F.